The molecule has 0 spiro atoms. The Morgan fingerprint density at radius 1 is 0.917 bits per heavy atom. The number of alkyl halides is 2. The first-order valence-corrected chi connectivity index (χ1v) is 14.0. The van der Waals surface area contributed by atoms with Crippen molar-refractivity contribution >= 4 is 17.7 Å². The maximum Gasteiger partial charge on any atom is 0.338 e. The third-order valence-electron chi connectivity index (χ3n) is 7.13. The Morgan fingerprint density at radius 3 is 2.25 bits per heavy atom. The van der Waals surface area contributed by atoms with E-state index in [0.29, 0.717) is 18.4 Å². The third-order valence-corrected chi connectivity index (χ3v) is 7.88. The molecule has 36 heavy (non-hydrogen) atoms. The molecule has 0 N–H and O–H groups in total. The quantitative estimate of drug-likeness (QED) is 0.113. The normalized spacial score (nSPS) is 18.8. The van der Waals surface area contributed by atoms with E-state index in [0.717, 1.165) is 44.9 Å². The Morgan fingerprint density at radius 2 is 1.58 bits per heavy atom. The van der Waals surface area contributed by atoms with Gasteiger partial charge in [-0.3, -0.25) is 0 Å². The minimum absolute atomic E-state index is 0.0316. The molecule has 1 fully saturated rings. The highest BCUT2D eigenvalue weighted by atomic mass is 32.2. The molecule has 1 aliphatic rings. The summed E-state index contributed by atoms with van der Waals surface area (Å²) >= 11 is 0.0316. The lowest BCUT2D eigenvalue weighted by atomic mass is 9.73. The number of esters is 1. The number of thioether (sulfide) groups is 1. The van der Waals surface area contributed by atoms with Gasteiger partial charge in [0.1, 0.15) is 6.10 Å². The van der Waals surface area contributed by atoms with Crippen LogP contribution in [0.2, 0.25) is 0 Å². The monoisotopic (exact) mass is 524 g/mol. The van der Waals surface area contributed by atoms with E-state index >= 15 is 4.39 Å². The van der Waals surface area contributed by atoms with E-state index in [4.69, 9.17) is 4.74 Å². The van der Waals surface area contributed by atoms with Crippen molar-refractivity contribution in [2.75, 3.05) is 0 Å². The number of halogens is 4. The first-order valence-electron chi connectivity index (χ1n) is 13.1. The lowest BCUT2D eigenvalue weighted by Gasteiger charge is -2.34. The average molecular weight is 525 g/mol. The van der Waals surface area contributed by atoms with Crippen LogP contribution in [0.25, 0.3) is 0 Å². The van der Waals surface area contributed by atoms with Crippen LogP contribution in [0.5, 0.6) is 0 Å². The van der Waals surface area contributed by atoms with Crippen molar-refractivity contribution in [3.8, 4) is 0 Å². The summed E-state index contributed by atoms with van der Waals surface area (Å²) in [5, 5.41) is 0. The van der Waals surface area contributed by atoms with E-state index in [1.807, 2.05) is 6.07 Å². The second-order valence-electron chi connectivity index (χ2n) is 9.63. The van der Waals surface area contributed by atoms with Crippen molar-refractivity contribution < 1.29 is 27.1 Å². The van der Waals surface area contributed by atoms with Crippen molar-refractivity contribution in [2.24, 2.45) is 5.92 Å². The highest BCUT2D eigenvalue weighted by Crippen LogP contribution is 2.42. The number of carbonyl (C=O) groups excluding carboxylic acids is 1. The molecule has 2 aromatic rings. The Balaban J connectivity index is 1.67. The zero-order valence-corrected chi connectivity index (χ0v) is 21.7. The van der Waals surface area contributed by atoms with Crippen molar-refractivity contribution in [3.63, 3.8) is 0 Å². The van der Waals surface area contributed by atoms with Crippen LogP contribution >= 0.6 is 11.8 Å². The predicted octanol–water partition coefficient (Wildman–Crippen LogP) is 9.53. The SMILES string of the molecule is CCCCCCCCC(c1ccc(SC(F)F)c(F)c1F)C1CCC(OC(=O)c2ccccc2)CC1. The van der Waals surface area contributed by atoms with Crippen LogP contribution in [0, 0.1) is 17.6 Å². The summed E-state index contributed by atoms with van der Waals surface area (Å²) in [5.74, 6) is -5.41. The lowest BCUT2D eigenvalue weighted by Crippen LogP contribution is -2.27. The van der Waals surface area contributed by atoms with Crippen LogP contribution in [0.1, 0.15) is 99.4 Å². The number of hydrogen-bond donors (Lipinski definition) is 0. The van der Waals surface area contributed by atoms with Gasteiger partial charge < -0.3 is 4.74 Å². The van der Waals surface area contributed by atoms with Gasteiger partial charge in [0.15, 0.2) is 11.6 Å². The molecule has 0 aliphatic heterocycles. The van der Waals surface area contributed by atoms with E-state index in [1.54, 1.807) is 24.3 Å². The van der Waals surface area contributed by atoms with E-state index in [9.17, 15) is 18.0 Å². The molecule has 198 valence electrons. The molecule has 1 aliphatic carbocycles. The van der Waals surface area contributed by atoms with Gasteiger partial charge in [-0.05, 0) is 67.7 Å². The van der Waals surface area contributed by atoms with Gasteiger partial charge in [0.2, 0.25) is 0 Å². The maximum absolute atomic E-state index is 15.1. The fourth-order valence-electron chi connectivity index (χ4n) is 5.21. The second-order valence-corrected chi connectivity index (χ2v) is 10.7. The van der Waals surface area contributed by atoms with Crippen LogP contribution in [0.15, 0.2) is 47.4 Å². The molecule has 0 radical (unpaired) electrons. The Kier molecular flexibility index (Phi) is 11.6. The van der Waals surface area contributed by atoms with E-state index in [1.165, 1.54) is 25.0 Å². The summed E-state index contributed by atoms with van der Waals surface area (Å²) in [6.45, 7) is 2.16. The third kappa shape index (κ3) is 8.25. The van der Waals surface area contributed by atoms with E-state index in [-0.39, 0.29) is 46.1 Å². The van der Waals surface area contributed by atoms with Crippen LogP contribution in [0.3, 0.4) is 0 Å². The summed E-state index contributed by atoms with van der Waals surface area (Å²) in [6.07, 6.45) is 9.91. The Hall–Kier alpha value is -2.02. The lowest BCUT2D eigenvalue weighted by molar-refractivity contribution is 0.0149. The summed E-state index contributed by atoms with van der Waals surface area (Å²) in [5.41, 5.74) is 0.796. The Bertz CT molecular complexity index is 946. The van der Waals surface area contributed by atoms with Gasteiger partial charge >= 0.3 is 5.97 Å². The van der Waals surface area contributed by atoms with E-state index < -0.39 is 17.4 Å². The average Bonchev–Trinajstić information content (AvgIpc) is 2.88. The molecular weight excluding hydrogens is 488 g/mol. The molecule has 3 rings (SSSR count). The van der Waals surface area contributed by atoms with Gasteiger partial charge in [0, 0.05) is 0 Å². The summed E-state index contributed by atoms with van der Waals surface area (Å²) in [7, 11) is 0. The summed E-state index contributed by atoms with van der Waals surface area (Å²) in [6, 6.07) is 11.6. The molecule has 0 heterocycles. The first-order chi connectivity index (χ1) is 17.4. The number of ether oxygens (including phenoxy) is 1. The van der Waals surface area contributed by atoms with Crippen LogP contribution < -0.4 is 0 Å². The second kappa shape index (κ2) is 14.7. The van der Waals surface area contributed by atoms with E-state index in [2.05, 4.69) is 6.92 Å². The molecule has 1 unspecified atom stereocenters. The standard InChI is InChI=1S/C29H36F4O2S/c1-2-3-4-5-6-10-13-23(24-18-19-25(36-29(32)33)27(31)26(24)30)20-14-16-22(17-15-20)35-28(34)21-11-8-7-9-12-21/h7-9,11-12,18-20,22-23,29H,2-6,10,13-17H2,1H3. The molecular formula is C29H36F4O2S. The van der Waals surface area contributed by atoms with Crippen molar-refractivity contribution in [1.29, 1.82) is 0 Å². The fourth-order valence-corrected chi connectivity index (χ4v) is 5.74. The number of hydrogen-bond acceptors (Lipinski definition) is 3. The topological polar surface area (TPSA) is 26.3 Å². The molecule has 0 bridgehead atoms. The van der Waals surface area contributed by atoms with Crippen molar-refractivity contribution in [2.45, 2.75) is 100 Å². The minimum atomic E-state index is -2.81. The van der Waals surface area contributed by atoms with Crippen molar-refractivity contribution in [1.82, 2.24) is 0 Å². The molecule has 2 nitrogen and oxygen atoms in total. The predicted molar refractivity (Wildman–Crippen MR) is 137 cm³/mol. The van der Waals surface area contributed by atoms with Crippen LogP contribution in [-0.4, -0.2) is 17.8 Å². The van der Waals surface area contributed by atoms with Crippen LogP contribution in [-0.2, 0) is 4.74 Å². The minimum Gasteiger partial charge on any atom is -0.459 e. The van der Waals surface area contributed by atoms with Gasteiger partial charge in [-0.1, -0.05) is 81.5 Å². The van der Waals surface area contributed by atoms with Gasteiger partial charge in [0.25, 0.3) is 5.76 Å². The smallest absolute Gasteiger partial charge is 0.338 e. The molecule has 1 saturated carbocycles. The molecule has 7 heteroatoms. The number of carbonyl (C=O) groups is 1. The van der Waals surface area contributed by atoms with Gasteiger partial charge in [-0.25, -0.2) is 13.6 Å². The highest BCUT2D eigenvalue weighted by molar-refractivity contribution is 7.99. The first kappa shape index (κ1) is 28.5. The molecule has 0 aromatic heterocycles. The zero-order valence-electron chi connectivity index (χ0n) is 20.9. The molecule has 0 amide bonds. The summed E-state index contributed by atoms with van der Waals surface area (Å²) in [4.78, 5) is 12.1. The maximum atomic E-state index is 15.1. The highest BCUT2D eigenvalue weighted by Gasteiger charge is 2.32. The fraction of sp³-hybridized carbons (Fsp3) is 0.552. The molecule has 2 aromatic carbocycles. The van der Waals surface area contributed by atoms with Crippen LogP contribution in [0.4, 0.5) is 17.6 Å². The van der Waals surface area contributed by atoms with Gasteiger partial charge in [-0.2, -0.15) is 8.78 Å². The van der Waals surface area contributed by atoms with Gasteiger partial charge in [0.05, 0.1) is 10.5 Å². The largest absolute Gasteiger partial charge is 0.459 e. The number of benzene rings is 2. The van der Waals surface area contributed by atoms with Gasteiger partial charge in [-0.15, -0.1) is 0 Å². The Labute approximate surface area is 216 Å². The molecule has 1 atom stereocenters. The summed E-state index contributed by atoms with van der Waals surface area (Å²) < 4.78 is 61.0. The van der Waals surface area contributed by atoms with Crippen molar-refractivity contribution in [3.05, 3.63) is 65.2 Å². The number of unbranched alkanes of at least 4 members (excludes halogenated alkanes) is 5. The zero-order chi connectivity index (χ0) is 25.9. The number of rotatable bonds is 13. The molecule has 0 saturated heterocycles.